The van der Waals surface area contributed by atoms with Crippen LogP contribution in [-0.4, -0.2) is 21.4 Å². The predicted molar refractivity (Wildman–Crippen MR) is 74.2 cm³/mol. The van der Waals surface area contributed by atoms with Crippen molar-refractivity contribution in [3.63, 3.8) is 0 Å². The Balaban J connectivity index is 1.97. The van der Waals surface area contributed by atoms with E-state index in [0.29, 0.717) is 22.6 Å². The van der Waals surface area contributed by atoms with E-state index >= 15 is 0 Å². The summed E-state index contributed by atoms with van der Waals surface area (Å²) in [5.41, 5.74) is 0.940. The van der Waals surface area contributed by atoms with Gasteiger partial charge in [0.2, 0.25) is 5.89 Å². The lowest BCUT2D eigenvalue weighted by Gasteiger charge is -1.98. The highest BCUT2D eigenvalue weighted by atomic mass is 32.2. The SMILES string of the molecule is CSCc1nnc(SCc2cccc([N+](=O)[O-])c2)o1. The van der Waals surface area contributed by atoms with Gasteiger partial charge in [-0.25, -0.2) is 0 Å². The first-order valence-corrected chi connectivity index (χ1v) is 7.74. The van der Waals surface area contributed by atoms with Crippen LogP contribution in [0.5, 0.6) is 0 Å². The van der Waals surface area contributed by atoms with Gasteiger partial charge in [0.25, 0.3) is 10.9 Å². The number of thioether (sulfide) groups is 2. The molecule has 0 aliphatic heterocycles. The summed E-state index contributed by atoms with van der Waals surface area (Å²) in [6.07, 6.45) is 1.96. The number of nitro benzene ring substituents is 1. The molecular weight excluding hydrogens is 286 g/mol. The quantitative estimate of drug-likeness (QED) is 0.460. The maximum absolute atomic E-state index is 10.7. The molecule has 0 fully saturated rings. The number of nitrogens with zero attached hydrogens (tertiary/aromatic N) is 3. The molecule has 0 bridgehead atoms. The molecule has 2 aromatic rings. The maximum Gasteiger partial charge on any atom is 0.276 e. The molecule has 0 aliphatic carbocycles. The Morgan fingerprint density at radius 2 is 2.21 bits per heavy atom. The van der Waals surface area contributed by atoms with Crippen LogP contribution >= 0.6 is 23.5 Å². The third-order valence-corrected chi connectivity index (χ3v) is 3.63. The van der Waals surface area contributed by atoms with Crippen LogP contribution in [-0.2, 0) is 11.5 Å². The molecule has 1 aromatic carbocycles. The van der Waals surface area contributed by atoms with E-state index in [-0.39, 0.29) is 5.69 Å². The van der Waals surface area contributed by atoms with Crippen molar-refractivity contribution in [3.8, 4) is 0 Å². The van der Waals surface area contributed by atoms with Crippen molar-refractivity contribution in [2.45, 2.75) is 16.7 Å². The molecule has 8 heteroatoms. The van der Waals surface area contributed by atoms with Crippen molar-refractivity contribution < 1.29 is 9.34 Å². The van der Waals surface area contributed by atoms with Crippen LogP contribution in [0.15, 0.2) is 33.9 Å². The largest absolute Gasteiger partial charge is 0.415 e. The number of aromatic nitrogens is 2. The average molecular weight is 297 g/mol. The zero-order chi connectivity index (χ0) is 13.7. The van der Waals surface area contributed by atoms with Crippen LogP contribution in [0.3, 0.4) is 0 Å². The van der Waals surface area contributed by atoms with Crippen LogP contribution in [0.4, 0.5) is 5.69 Å². The van der Waals surface area contributed by atoms with E-state index < -0.39 is 4.92 Å². The highest BCUT2D eigenvalue weighted by Gasteiger charge is 2.09. The van der Waals surface area contributed by atoms with E-state index in [1.54, 1.807) is 23.9 Å². The van der Waals surface area contributed by atoms with Gasteiger partial charge in [-0.3, -0.25) is 10.1 Å². The molecule has 0 aliphatic rings. The molecule has 0 saturated heterocycles. The summed E-state index contributed by atoms with van der Waals surface area (Å²) >= 11 is 2.98. The zero-order valence-corrected chi connectivity index (χ0v) is 11.7. The van der Waals surface area contributed by atoms with Crippen molar-refractivity contribution in [2.75, 3.05) is 6.26 Å². The van der Waals surface area contributed by atoms with Gasteiger partial charge >= 0.3 is 0 Å². The minimum absolute atomic E-state index is 0.0895. The Hall–Kier alpha value is -1.54. The molecule has 0 atom stereocenters. The molecule has 19 heavy (non-hydrogen) atoms. The summed E-state index contributed by atoms with van der Waals surface area (Å²) in [5.74, 6) is 1.83. The minimum atomic E-state index is -0.405. The molecule has 0 amide bonds. The first kappa shape index (κ1) is 13.9. The van der Waals surface area contributed by atoms with Crippen molar-refractivity contribution in [2.24, 2.45) is 0 Å². The predicted octanol–water partition coefficient (Wildman–Crippen LogP) is 3.13. The van der Waals surface area contributed by atoms with E-state index in [1.165, 1.54) is 17.8 Å². The molecule has 100 valence electrons. The van der Waals surface area contributed by atoms with E-state index in [9.17, 15) is 10.1 Å². The summed E-state index contributed by atoms with van der Waals surface area (Å²) in [6, 6.07) is 6.52. The molecule has 0 spiro atoms. The van der Waals surface area contributed by atoms with E-state index in [2.05, 4.69) is 10.2 Å². The van der Waals surface area contributed by atoms with Crippen LogP contribution in [0.2, 0.25) is 0 Å². The molecule has 0 unspecified atom stereocenters. The lowest BCUT2D eigenvalue weighted by Crippen LogP contribution is -1.89. The number of rotatable bonds is 6. The van der Waals surface area contributed by atoms with Gasteiger partial charge in [0.1, 0.15) is 0 Å². The normalized spacial score (nSPS) is 10.6. The van der Waals surface area contributed by atoms with E-state index in [1.807, 2.05) is 12.3 Å². The Morgan fingerprint density at radius 3 is 2.95 bits per heavy atom. The lowest BCUT2D eigenvalue weighted by atomic mass is 10.2. The van der Waals surface area contributed by atoms with Crippen LogP contribution < -0.4 is 0 Å². The molecule has 1 heterocycles. The number of nitro groups is 1. The van der Waals surface area contributed by atoms with Crippen LogP contribution in [0, 0.1) is 10.1 Å². The molecule has 1 aromatic heterocycles. The van der Waals surface area contributed by atoms with Gasteiger partial charge in [0, 0.05) is 17.9 Å². The fourth-order valence-electron chi connectivity index (χ4n) is 1.38. The standard InChI is InChI=1S/C11H11N3O3S2/c1-18-7-10-12-13-11(17-10)19-6-8-3-2-4-9(5-8)14(15)16/h2-5H,6-7H2,1H3. The second kappa shape index (κ2) is 6.58. The van der Waals surface area contributed by atoms with Gasteiger partial charge < -0.3 is 4.42 Å². The smallest absolute Gasteiger partial charge is 0.276 e. The maximum atomic E-state index is 10.7. The van der Waals surface area contributed by atoms with Crippen molar-refractivity contribution in [3.05, 3.63) is 45.8 Å². The van der Waals surface area contributed by atoms with Gasteiger partial charge in [0.05, 0.1) is 10.7 Å². The van der Waals surface area contributed by atoms with Crippen LogP contribution in [0.25, 0.3) is 0 Å². The van der Waals surface area contributed by atoms with Crippen LogP contribution in [0.1, 0.15) is 11.5 Å². The summed E-state index contributed by atoms with van der Waals surface area (Å²) < 4.78 is 5.41. The first-order chi connectivity index (χ1) is 9.19. The third kappa shape index (κ3) is 3.97. The summed E-state index contributed by atoms with van der Waals surface area (Å²) in [6.45, 7) is 0. The third-order valence-electron chi connectivity index (χ3n) is 2.20. The molecular formula is C11H11N3O3S2. The molecule has 0 N–H and O–H groups in total. The Morgan fingerprint density at radius 1 is 1.37 bits per heavy atom. The summed E-state index contributed by atoms with van der Waals surface area (Å²) in [4.78, 5) is 10.3. The second-order valence-electron chi connectivity index (χ2n) is 3.61. The molecule has 0 radical (unpaired) electrons. The van der Waals surface area contributed by atoms with Gasteiger partial charge in [-0.1, -0.05) is 23.9 Å². The average Bonchev–Trinajstić information content (AvgIpc) is 2.85. The van der Waals surface area contributed by atoms with Gasteiger partial charge in [-0.2, -0.15) is 11.8 Å². The fourth-order valence-corrected chi connectivity index (χ4v) is 2.47. The van der Waals surface area contributed by atoms with Crippen molar-refractivity contribution in [1.82, 2.24) is 10.2 Å². The van der Waals surface area contributed by atoms with Crippen molar-refractivity contribution >= 4 is 29.2 Å². The summed E-state index contributed by atoms with van der Waals surface area (Å²) in [7, 11) is 0. The minimum Gasteiger partial charge on any atom is -0.415 e. The van der Waals surface area contributed by atoms with Crippen molar-refractivity contribution in [1.29, 1.82) is 0 Å². The number of hydrogen-bond acceptors (Lipinski definition) is 7. The van der Waals surface area contributed by atoms with E-state index in [4.69, 9.17) is 4.42 Å². The topological polar surface area (TPSA) is 82.1 Å². The number of non-ortho nitro benzene ring substituents is 1. The highest BCUT2D eigenvalue weighted by Crippen LogP contribution is 2.24. The fraction of sp³-hybridized carbons (Fsp3) is 0.273. The van der Waals surface area contributed by atoms with Gasteiger partial charge in [0.15, 0.2) is 0 Å². The first-order valence-electron chi connectivity index (χ1n) is 5.36. The molecule has 2 rings (SSSR count). The molecule has 0 saturated carbocycles. The van der Waals surface area contributed by atoms with Gasteiger partial charge in [-0.05, 0) is 11.8 Å². The number of benzene rings is 1. The Labute approximate surface area is 118 Å². The Bertz CT molecular complexity index is 574. The second-order valence-corrected chi connectivity index (χ2v) is 5.40. The summed E-state index contributed by atoms with van der Waals surface area (Å²) in [5, 5.41) is 18.9. The monoisotopic (exact) mass is 297 g/mol. The zero-order valence-electron chi connectivity index (χ0n) is 10.1. The Kier molecular flexibility index (Phi) is 4.80. The van der Waals surface area contributed by atoms with E-state index in [0.717, 1.165) is 5.56 Å². The highest BCUT2D eigenvalue weighted by molar-refractivity contribution is 7.98. The lowest BCUT2D eigenvalue weighted by molar-refractivity contribution is -0.384. The number of hydrogen-bond donors (Lipinski definition) is 0. The molecule has 6 nitrogen and oxygen atoms in total. The van der Waals surface area contributed by atoms with Gasteiger partial charge in [-0.15, -0.1) is 10.2 Å².